The maximum atomic E-state index is 4.42. The van der Waals surface area contributed by atoms with E-state index in [-0.39, 0.29) is 0 Å². The normalized spacial score (nSPS) is 10.8. The Morgan fingerprint density at radius 2 is 2.11 bits per heavy atom. The molecule has 2 N–H and O–H groups in total. The Bertz CT molecular complexity index is 514. The monoisotopic (exact) mass is 243 g/mol. The molecule has 96 valence electrons. The molecule has 0 spiro atoms. The third-order valence-electron chi connectivity index (χ3n) is 3.03. The zero-order valence-corrected chi connectivity index (χ0v) is 11.4. The van der Waals surface area contributed by atoms with Gasteiger partial charge in [-0.15, -0.1) is 0 Å². The van der Waals surface area contributed by atoms with Crippen LogP contribution in [0.1, 0.15) is 30.3 Å². The Labute approximate surface area is 109 Å². The van der Waals surface area contributed by atoms with E-state index in [1.54, 1.807) is 0 Å². The predicted octanol–water partition coefficient (Wildman–Crippen LogP) is 3.19. The molecule has 0 saturated heterocycles. The van der Waals surface area contributed by atoms with Crippen molar-refractivity contribution in [2.75, 3.05) is 6.54 Å². The molecule has 0 fully saturated rings. The maximum absolute atomic E-state index is 4.42. The number of aromatic amines is 1. The minimum absolute atomic E-state index is 0.804. The van der Waals surface area contributed by atoms with Crippen LogP contribution in [0, 0.1) is 13.8 Å². The van der Waals surface area contributed by atoms with Crippen LogP contribution in [0.5, 0.6) is 0 Å². The van der Waals surface area contributed by atoms with E-state index in [0.29, 0.717) is 0 Å². The lowest BCUT2D eigenvalue weighted by molar-refractivity contribution is 0.655. The second-order valence-corrected chi connectivity index (χ2v) is 4.74. The van der Waals surface area contributed by atoms with Crippen LogP contribution in [-0.2, 0) is 6.54 Å². The Morgan fingerprint density at radius 3 is 2.89 bits per heavy atom. The van der Waals surface area contributed by atoms with Crippen molar-refractivity contribution in [2.24, 2.45) is 0 Å². The van der Waals surface area contributed by atoms with Gasteiger partial charge in [0.1, 0.15) is 5.82 Å². The molecule has 3 heteroatoms. The van der Waals surface area contributed by atoms with Crippen molar-refractivity contribution in [1.82, 2.24) is 15.3 Å². The molecule has 0 aliphatic carbocycles. The van der Waals surface area contributed by atoms with Gasteiger partial charge in [0.05, 0.1) is 18.4 Å². The van der Waals surface area contributed by atoms with Gasteiger partial charge in [-0.1, -0.05) is 24.6 Å². The summed E-state index contributed by atoms with van der Waals surface area (Å²) in [7, 11) is 0. The van der Waals surface area contributed by atoms with Crippen molar-refractivity contribution >= 4 is 0 Å². The highest BCUT2D eigenvalue weighted by atomic mass is 15.0. The summed E-state index contributed by atoms with van der Waals surface area (Å²) in [6.45, 7) is 8.24. The highest BCUT2D eigenvalue weighted by Crippen LogP contribution is 2.22. The molecule has 1 aromatic heterocycles. The van der Waals surface area contributed by atoms with Crippen molar-refractivity contribution in [3.05, 3.63) is 41.3 Å². The number of aromatic nitrogens is 2. The number of H-pyrrole nitrogens is 1. The van der Waals surface area contributed by atoms with Gasteiger partial charge in [0.25, 0.3) is 0 Å². The minimum atomic E-state index is 0.804. The minimum Gasteiger partial charge on any atom is -0.341 e. The summed E-state index contributed by atoms with van der Waals surface area (Å²) in [5, 5.41) is 3.35. The standard InChI is InChI=1S/C15H21N3/c1-4-7-16-10-15-17-9-14(18-15)13-8-11(2)5-6-12(13)3/h5-6,8-9,16H,4,7,10H2,1-3H3,(H,17,18). The van der Waals surface area contributed by atoms with Gasteiger partial charge in [-0.2, -0.15) is 0 Å². The second-order valence-electron chi connectivity index (χ2n) is 4.74. The van der Waals surface area contributed by atoms with Crippen LogP contribution in [0.4, 0.5) is 0 Å². The zero-order valence-electron chi connectivity index (χ0n) is 11.4. The molecule has 0 radical (unpaired) electrons. The molecule has 1 aromatic carbocycles. The van der Waals surface area contributed by atoms with E-state index in [1.807, 2.05) is 6.20 Å². The SMILES string of the molecule is CCCNCc1ncc(-c2cc(C)ccc2C)[nH]1. The van der Waals surface area contributed by atoms with Gasteiger partial charge in [-0.25, -0.2) is 4.98 Å². The van der Waals surface area contributed by atoms with Gasteiger partial charge >= 0.3 is 0 Å². The van der Waals surface area contributed by atoms with Gasteiger partial charge in [-0.3, -0.25) is 0 Å². The van der Waals surface area contributed by atoms with E-state index in [4.69, 9.17) is 0 Å². The van der Waals surface area contributed by atoms with Gasteiger partial charge in [0.15, 0.2) is 0 Å². The first-order chi connectivity index (χ1) is 8.70. The molecular weight excluding hydrogens is 222 g/mol. The zero-order chi connectivity index (χ0) is 13.0. The Morgan fingerprint density at radius 1 is 1.28 bits per heavy atom. The van der Waals surface area contributed by atoms with Gasteiger partial charge in [0, 0.05) is 5.56 Å². The lowest BCUT2D eigenvalue weighted by Crippen LogP contribution is -2.14. The second kappa shape index (κ2) is 5.83. The van der Waals surface area contributed by atoms with E-state index in [1.165, 1.54) is 16.7 Å². The van der Waals surface area contributed by atoms with Gasteiger partial charge < -0.3 is 10.3 Å². The third-order valence-corrected chi connectivity index (χ3v) is 3.03. The summed E-state index contributed by atoms with van der Waals surface area (Å²) in [4.78, 5) is 7.80. The van der Waals surface area contributed by atoms with Crippen LogP contribution in [0.3, 0.4) is 0 Å². The molecule has 2 rings (SSSR count). The molecule has 0 aliphatic rings. The molecule has 0 bridgehead atoms. The average Bonchev–Trinajstić information content (AvgIpc) is 2.81. The fraction of sp³-hybridized carbons (Fsp3) is 0.400. The summed E-state index contributed by atoms with van der Waals surface area (Å²) < 4.78 is 0. The number of hydrogen-bond donors (Lipinski definition) is 2. The fourth-order valence-electron chi connectivity index (χ4n) is 2.00. The van der Waals surface area contributed by atoms with Crippen LogP contribution in [-0.4, -0.2) is 16.5 Å². The molecule has 1 heterocycles. The number of benzene rings is 1. The average molecular weight is 243 g/mol. The van der Waals surface area contributed by atoms with E-state index in [0.717, 1.165) is 31.0 Å². The smallest absolute Gasteiger partial charge is 0.120 e. The Hall–Kier alpha value is -1.61. The van der Waals surface area contributed by atoms with Crippen molar-refractivity contribution in [2.45, 2.75) is 33.7 Å². The molecule has 18 heavy (non-hydrogen) atoms. The summed E-state index contributed by atoms with van der Waals surface area (Å²) in [6, 6.07) is 6.49. The highest BCUT2D eigenvalue weighted by Gasteiger charge is 2.06. The Balaban J connectivity index is 2.16. The lowest BCUT2D eigenvalue weighted by atomic mass is 10.0. The van der Waals surface area contributed by atoms with Crippen LogP contribution in [0.2, 0.25) is 0 Å². The largest absolute Gasteiger partial charge is 0.341 e. The fourth-order valence-corrected chi connectivity index (χ4v) is 2.00. The molecule has 0 saturated carbocycles. The van der Waals surface area contributed by atoms with E-state index in [9.17, 15) is 0 Å². The number of imidazole rings is 1. The van der Waals surface area contributed by atoms with E-state index in [2.05, 4.69) is 54.3 Å². The quantitative estimate of drug-likeness (QED) is 0.792. The van der Waals surface area contributed by atoms with Crippen molar-refractivity contribution in [1.29, 1.82) is 0 Å². The van der Waals surface area contributed by atoms with Gasteiger partial charge in [0.2, 0.25) is 0 Å². The van der Waals surface area contributed by atoms with Crippen LogP contribution >= 0.6 is 0 Å². The summed E-state index contributed by atoms with van der Waals surface area (Å²) in [5.74, 6) is 0.999. The molecule has 0 aliphatic heterocycles. The third kappa shape index (κ3) is 2.99. The summed E-state index contributed by atoms with van der Waals surface area (Å²) in [5.41, 5.74) is 4.89. The van der Waals surface area contributed by atoms with Gasteiger partial charge in [-0.05, 0) is 38.4 Å². The summed E-state index contributed by atoms with van der Waals surface area (Å²) in [6.07, 6.45) is 3.06. The molecule has 0 amide bonds. The van der Waals surface area contributed by atoms with Crippen LogP contribution < -0.4 is 5.32 Å². The highest BCUT2D eigenvalue weighted by molar-refractivity contribution is 5.63. The Kier molecular flexibility index (Phi) is 4.15. The molecule has 2 aromatic rings. The van der Waals surface area contributed by atoms with Crippen molar-refractivity contribution in [3.63, 3.8) is 0 Å². The summed E-state index contributed by atoms with van der Waals surface area (Å²) >= 11 is 0. The maximum Gasteiger partial charge on any atom is 0.120 e. The number of nitrogens with one attached hydrogen (secondary N) is 2. The van der Waals surface area contributed by atoms with Crippen molar-refractivity contribution < 1.29 is 0 Å². The predicted molar refractivity (Wildman–Crippen MR) is 75.5 cm³/mol. The lowest BCUT2D eigenvalue weighted by Gasteiger charge is -2.04. The molecule has 3 nitrogen and oxygen atoms in total. The number of nitrogens with zero attached hydrogens (tertiary/aromatic N) is 1. The van der Waals surface area contributed by atoms with E-state index >= 15 is 0 Å². The first kappa shape index (κ1) is 12.8. The number of aryl methyl sites for hydroxylation is 2. The van der Waals surface area contributed by atoms with Crippen LogP contribution in [0.25, 0.3) is 11.3 Å². The number of rotatable bonds is 5. The molecular formula is C15H21N3. The molecule has 0 atom stereocenters. The van der Waals surface area contributed by atoms with E-state index < -0.39 is 0 Å². The van der Waals surface area contributed by atoms with Crippen molar-refractivity contribution in [3.8, 4) is 11.3 Å². The molecule has 0 unspecified atom stereocenters. The number of hydrogen-bond acceptors (Lipinski definition) is 2. The van der Waals surface area contributed by atoms with Crippen LogP contribution in [0.15, 0.2) is 24.4 Å². The first-order valence-corrected chi connectivity index (χ1v) is 6.53. The topological polar surface area (TPSA) is 40.7 Å². The first-order valence-electron chi connectivity index (χ1n) is 6.53.